The Bertz CT molecular complexity index is 826. The van der Waals surface area contributed by atoms with E-state index < -0.39 is 15.1 Å². The predicted octanol–water partition coefficient (Wildman–Crippen LogP) is 0.707. The maximum absolute atomic E-state index is 12.9. The Balaban J connectivity index is 1.62. The van der Waals surface area contributed by atoms with Gasteiger partial charge in [0.2, 0.25) is 0 Å². The molecular formula is C17H24N4O6S. The minimum Gasteiger partial charge on any atom is -0.373 e. The molecule has 0 bridgehead atoms. The molecule has 2 aliphatic heterocycles. The van der Waals surface area contributed by atoms with E-state index in [2.05, 4.69) is 0 Å². The molecule has 28 heavy (non-hydrogen) atoms. The zero-order valence-electron chi connectivity index (χ0n) is 15.9. The van der Waals surface area contributed by atoms with E-state index in [1.807, 2.05) is 13.8 Å². The number of carbonyl (C=O) groups excluding carboxylic acids is 1. The van der Waals surface area contributed by atoms with Crippen LogP contribution in [-0.4, -0.2) is 84.2 Å². The van der Waals surface area contributed by atoms with Crippen LogP contribution >= 0.6 is 0 Å². The van der Waals surface area contributed by atoms with E-state index in [9.17, 15) is 23.3 Å². The summed E-state index contributed by atoms with van der Waals surface area (Å²) in [5.41, 5.74) is 0.263. The first-order chi connectivity index (χ1) is 13.2. The zero-order chi connectivity index (χ0) is 20.5. The van der Waals surface area contributed by atoms with Gasteiger partial charge in [-0.15, -0.1) is 0 Å². The summed E-state index contributed by atoms with van der Waals surface area (Å²) in [5, 5.41) is 10.7. The first-order valence-electron chi connectivity index (χ1n) is 9.13. The van der Waals surface area contributed by atoms with E-state index >= 15 is 0 Å². The van der Waals surface area contributed by atoms with Crippen LogP contribution in [0, 0.1) is 10.1 Å². The number of nitrogens with zero attached hydrogens (tertiary/aromatic N) is 4. The monoisotopic (exact) mass is 412 g/mol. The smallest absolute Gasteiger partial charge is 0.282 e. The van der Waals surface area contributed by atoms with Gasteiger partial charge in [0.15, 0.2) is 0 Å². The van der Waals surface area contributed by atoms with Crippen LogP contribution < -0.4 is 0 Å². The Morgan fingerprint density at radius 1 is 1.04 bits per heavy atom. The Morgan fingerprint density at radius 2 is 1.57 bits per heavy atom. The van der Waals surface area contributed by atoms with Gasteiger partial charge in [-0.2, -0.15) is 17.0 Å². The van der Waals surface area contributed by atoms with Crippen molar-refractivity contribution in [1.29, 1.82) is 0 Å². The second kappa shape index (κ2) is 8.11. The third-order valence-corrected chi connectivity index (χ3v) is 6.86. The molecule has 0 spiro atoms. The standard InChI is InChI=1S/C17H24N4O6S/c1-13-11-20(12-14(2)27-13)28(25,26)19-9-7-18(8-10-19)17(22)15-3-5-16(6-4-15)21(23)24/h3-6,13-14H,7-12H2,1-2H3/t13-,14+. The molecule has 2 fully saturated rings. The summed E-state index contributed by atoms with van der Waals surface area (Å²) in [6.45, 7) is 5.28. The lowest BCUT2D eigenvalue weighted by Crippen LogP contribution is -2.57. The van der Waals surface area contributed by atoms with Gasteiger partial charge in [-0.1, -0.05) is 0 Å². The minimum absolute atomic E-state index is 0.0820. The van der Waals surface area contributed by atoms with Crippen molar-refractivity contribution in [3.8, 4) is 0 Å². The van der Waals surface area contributed by atoms with Crippen molar-refractivity contribution in [1.82, 2.24) is 13.5 Å². The van der Waals surface area contributed by atoms with Gasteiger partial charge < -0.3 is 9.64 Å². The normalized spacial score (nSPS) is 24.9. The van der Waals surface area contributed by atoms with Gasteiger partial charge in [0.1, 0.15) is 0 Å². The summed E-state index contributed by atoms with van der Waals surface area (Å²) in [7, 11) is -3.61. The SMILES string of the molecule is C[C@@H]1CN(S(=O)(=O)N2CCN(C(=O)c3ccc([N+](=O)[O-])cc3)CC2)C[C@H](C)O1. The summed E-state index contributed by atoms with van der Waals surface area (Å²) in [6.07, 6.45) is -0.327. The van der Waals surface area contributed by atoms with E-state index in [-0.39, 0.29) is 50.0 Å². The summed E-state index contributed by atoms with van der Waals surface area (Å²) in [5.74, 6) is -0.263. The molecule has 11 heteroatoms. The van der Waals surface area contributed by atoms with Crippen molar-refractivity contribution in [2.24, 2.45) is 0 Å². The molecule has 2 saturated heterocycles. The highest BCUT2D eigenvalue weighted by atomic mass is 32.2. The molecule has 2 aliphatic rings. The van der Waals surface area contributed by atoms with Gasteiger partial charge in [-0.25, -0.2) is 0 Å². The Labute approximate surface area is 164 Å². The van der Waals surface area contributed by atoms with E-state index in [1.54, 1.807) is 4.90 Å². The van der Waals surface area contributed by atoms with Crippen LogP contribution in [0.25, 0.3) is 0 Å². The van der Waals surface area contributed by atoms with Crippen molar-refractivity contribution in [3.05, 3.63) is 39.9 Å². The van der Waals surface area contributed by atoms with Gasteiger partial charge in [-0.05, 0) is 26.0 Å². The summed E-state index contributed by atoms with van der Waals surface area (Å²) in [6, 6.07) is 5.41. The molecule has 0 aromatic heterocycles. The van der Waals surface area contributed by atoms with Crippen LogP contribution in [0.15, 0.2) is 24.3 Å². The Kier molecular flexibility index (Phi) is 5.98. The lowest BCUT2D eigenvalue weighted by atomic mass is 10.1. The second-order valence-electron chi connectivity index (χ2n) is 7.08. The average Bonchev–Trinajstić information content (AvgIpc) is 2.67. The van der Waals surface area contributed by atoms with E-state index in [0.29, 0.717) is 18.7 Å². The minimum atomic E-state index is -3.61. The highest BCUT2D eigenvalue weighted by Crippen LogP contribution is 2.20. The van der Waals surface area contributed by atoms with Crippen molar-refractivity contribution >= 4 is 21.8 Å². The molecule has 2 heterocycles. The quantitative estimate of drug-likeness (QED) is 0.532. The number of piperazine rings is 1. The molecule has 3 rings (SSSR count). The van der Waals surface area contributed by atoms with Crippen molar-refractivity contribution in [2.75, 3.05) is 39.3 Å². The van der Waals surface area contributed by atoms with Crippen LogP contribution in [0.2, 0.25) is 0 Å². The van der Waals surface area contributed by atoms with E-state index in [4.69, 9.17) is 4.74 Å². The topological polar surface area (TPSA) is 113 Å². The van der Waals surface area contributed by atoms with Crippen LogP contribution in [0.1, 0.15) is 24.2 Å². The number of hydrogen-bond donors (Lipinski definition) is 0. The summed E-state index contributed by atoms with van der Waals surface area (Å²) >= 11 is 0. The zero-order valence-corrected chi connectivity index (χ0v) is 16.7. The van der Waals surface area contributed by atoms with Crippen LogP contribution in [0.4, 0.5) is 5.69 Å². The molecule has 1 amide bonds. The fourth-order valence-corrected chi connectivity index (χ4v) is 5.26. The molecule has 1 aromatic carbocycles. The molecule has 2 atom stereocenters. The number of hydrogen-bond acceptors (Lipinski definition) is 6. The number of non-ortho nitro benzene ring substituents is 1. The molecule has 0 aliphatic carbocycles. The molecular weight excluding hydrogens is 388 g/mol. The molecule has 0 unspecified atom stereocenters. The van der Waals surface area contributed by atoms with Gasteiger partial charge >= 0.3 is 0 Å². The third-order valence-electron chi connectivity index (χ3n) is 4.89. The Morgan fingerprint density at radius 3 is 2.07 bits per heavy atom. The molecule has 0 saturated carbocycles. The van der Waals surface area contributed by atoms with Crippen LogP contribution in [0.5, 0.6) is 0 Å². The maximum atomic E-state index is 12.9. The predicted molar refractivity (Wildman–Crippen MR) is 101 cm³/mol. The number of ether oxygens (including phenoxy) is 1. The van der Waals surface area contributed by atoms with Gasteiger partial charge in [0.25, 0.3) is 21.8 Å². The maximum Gasteiger partial charge on any atom is 0.282 e. The Hall–Kier alpha value is -2.08. The number of morpholine rings is 1. The highest BCUT2D eigenvalue weighted by Gasteiger charge is 2.37. The number of amides is 1. The first-order valence-corrected chi connectivity index (χ1v) is 10.5. The fourth-order valence-electron chi connectivity index (χ4n) is 3.51. The first kappa shape index (κ1) is 20.6. The molecule has 10 nitrogen and oxygen atoms in total. The summed E-state index contributed by atoms with van der Waals surface area (Å²) < 4.78 is 34.3. The largest absolute Gasteiger partial charge is 0.373 e. The van der Waals surface area contributed by atoms with Crippen molar-refractivity contribution in [3.63, 3.8) is 0 Å². The highest BCUT2D eigenvalue weighted by molar-refractivity contribution is 7.86. The van der Waals surface area contributed by atoms with E-state index in [0.717, 1.165) is 0 Å². The number of rotatable bonds is 4. The average molecular weight is 412 g/mol. The van der Waals surface area contributed by atoms with Crippen molar-refractivity contribution < 1.29 is 22.9 Å². The lowest BCUT2D eigenvalue weighted by Gasteiger charge is -2.40. The van der Waals surface area contributed by atoms with Crippen molar-refractivity contribution in [2.45, 2.75) is 26.1 Å². The van der Waals surface area contributed by atoms with Gasteiger partial charge in [-0.3, -0.25) is 14.9 Å². The van der Waals surface area contributed by atoms with Gasteiger partial charge in [0.05, 0.1) is 17.1 Å². The molecule has 154 valence electrons. The van der Waals surface area contributed by atoms with Crippen LogP contribution in [-0.2, 0) is 14.9 Å². The third kappa shape index (κ3) is 4.32. The molecule has 0 radical (unpaired) electrons. The summed E-state index contributed by atoms with van der Waals surface area (Å²) in [4.78, 5) is 24.4. The van der Waals surface area contributed by atoms with E-state index in [1.165, 1.54) is 32.9 Å². The second-order valence-corrected chi connectivity index (χ2v) is 9.01. The lowest BCUT2D eigenvalue weighted by molar-refractivity contribution is -0.384. The molecule has 1 aromatic rings. The number of benzene rings is 1. The number of nitro benzene ring substituents is 1. The van der Waals surface area contributed by atoms with Gasteiger partial charge in [0, 0.05) is 57.0 Å². The molecule has 0 N–H and O–H groups in total. The number of carbonyl (C=O) groups is 1. The fraction of sp³-hybridized carbons (Fsp3) is 0.588. The van der Waals surface area contributed by atoms with Crippen LogP contribution in [0.3, 0.4) is 0 Å². The number of nitro groups is 1.